The summed E-state index contributed by atoms with van der Waals surface area (Å²) < 4.78 is 12.9. The Morgan fingerprint density at radius 1 is 1.19 bits per heavy atom. The van der Waals surface area contributed by atoms with Gasteiger partial charge in [0.25, 0.3) is 0 Å². The van der Waals surface area contributed by atoms with Crippen LogP contribution in [0.2, 0.25) is 10.0 Å². The number of nitrogens with zero attached hydrogens (tertiary/aromatic N) is 3. The lowest BCUT2D eigenvalue weighted by atomic mass is 10.2. The van der Waals surface area contributed by atoms with E-state index in [9.17, 15) is 4.79 Å². The number of para-hydroxylation sites is 1. The molecular weight excluding hydrogens is 445 g/mol. The number of aryl methyl sites for hydroxylation is 2. The largest absolute Gasteiger partial charge is 0.479 e. The van der Waals surface area contributed by atoms with Gasteiger partial charge in [-0.05, 0) is 32.0 Å². The summed E-state index contributed by atoms with van der Waals surface area (Å²) >= 11 is 12.4. The van der Waals surface area contributed by atoms with Crippen molar-refractivity contribution in [3.8, 4) is 23.1 Å². The summed E-state index contributed by atoms with van der Waals surface area (Å²) in [5.74, 6) is 0.127. The number of aliphatic carboxylic acids is 1. The van der Waals surface area contributed by atoms with Crippen LogP contribution in [0.1, 0.15) is 18.2 Å². The van der Waals surface area contributed by atoms with E-state index in [4.69, 9.17) is 42.6 Å². The van der Waals surface area contributed by atoms with E-state index in [2.05, 4.69) is 10.3 Å². The molecule has 3 aromatic rings. The first-order chi connectivity index (χ1) is 14.8. The third kappa shape index (κ3) is 5.48. The average Bonchev–Trinajstić information content (AvgIpc) is 2.99. The number of hydrogen-bond acceptors (Lipinski definition) is 6. The summed E-state index contributed by atoms with van der Waals surface area (Å²) in [5, 5.41) is 17.8. The molecule has 0 saturated carbocycles. The highest BCUT2D eigenvalue weighted by molar-refractivity contribution is 6.36. The molecule has 0 spiro atoms. The summed E-state index contributed by atoms with van der Waals surface area (Å²) in [6.45, 7) is 3.18. The molecule has 0 unspecified atom stereocenters. The van der Waals surface area contributed by atoms with Gasteiger partial charge in [-0.3, -0.25) is 0 Å². The third-order valence-corrected chi connectivity index (χ3v) is 4.73. The SMILES string of the molecule is Cc1nn(C)c(Oc2cc(O[C@@H](C)C(=O)O)c(Cl)cc2Cl)c1C=NOc1ccccc1. The van der Waals surface area contributed by atoms with Crippen LogP contribution in [0.4, 0.5) is 0 Å². The fourth-order valence-electron chi connectivity index (χ4n) is 2.57. The van der Waals surface area contributed by atoms with Crippen LogP contribution in [0.25, 0.3) is 0 Å². The smallest absolute Gasteiger partial charge is 0.344 e. The number of oxime groups is 1. The lowest BCUT2D eigenvalue weighted by molar-refractivity contribution is -0.144. The van der Waals surface area contributed by atoms with E-state index in [1.54, 1.807) is 26.1 Å². The molecule has 1 heterocycles. The Kier molecular flexibility index (Phi) is 7.04. The molecule has 1 aromatic heterocycles. The Morgan fingerprint density at radius 3 is 2.55 bits per heavy atom. The van der Waals surface area contributed by atoms with Crippen LogP contribution in [0.3, 0.4) is 0 Å². The number of carboxylic acid groups (broad SMARTS) is 1. The normalized spacial score (nSPS) is 12.0. The molecule has 10 heteroatoms. The Labute approximate surface area is 188 Å². The Hall–Kier alpha value is -3.23. The maximum absolute atomic E-state index is 11.1. The van der Waals surface area contributed by atoms with E-state index in [1.807, 2.05) is 18.2 Å². The number of rotatable bonds is 8. The molecule has 8 nitrogen and oxygen atoms in total. The minimum atomic E-state index is -1.13. The molecule has 0 amide bonds. The molecule has 0 fully saturated rings. The molecule has 0 saturated heterocycles. The molecule has 162 valence electrons. The number of benzene rings is 2. The zero-order valence-corrected chi connectivity index (χ0v) is 18.4. The number of carbonyl (C=O) groups is 1. The number of carboxylic acids is 1. The van der Waals surface area contributed by atoms with Crippen molar-refractivity contribution in [2.45, 2.75) is 20.0 Å². The Morgan fingerprint density at radius 2 is 1.87 bits per heavy atom. The number of aromatic nitrogens is 2. The second-order valence-electron chi connectivity index (χ2n) is 6.48. The number of halogens is 2. The molecule has 0 bridgehead atoms. The van der Waals surface area contributed by atoms with Gasteiger partial charge in [-0.2, -0.15) is 5.10 Å². The first-order valence-corrected chi connectivity index (χ1v) is 9.87. The van der Waals surface area contributed by atoms with Crippen LogP contribution in [-0.2, 0) is 11.8 Å². The highest BCUT2D eigenvalue weighted by Crippen LogP contribution is 2.39. The zero-order valence-electron chi connectivity index (χ0n) is 16.9. The van der Waals surface area contributed by atoms with Gasteiger partial charge in [0.05, 0.1) is 27.5 Å². The van der Waals surface area contributed by atoms with Crippen LogP contribution in [0.15, 0.2) is 47.6 Å². The van der Waals surface area contributed by atoms with Gasteiger partial charge in [0.15, 0.2) is 17.6 Å². The molecule has 0 aliphatic rings. The third-order valence-electron chi connectivity index (χ3n) is 4.14. The lowest BCUT2D eigenvalue weighted by Crippen LogP contribution is -2.23. The summed E-state index contributed by atoms with van der Waals surface area (Å²) in [4.78, 5) is 16.5. The van der Waals surface area contributed by atoms with Crippen molar-refractivity contribution >= 4 is 35.4 Å². The monoisotopic (exact) mass is 463 g/mol. The second-order valence-corrected chi connectivity index (χ2v) is 7.29. The van der Waals surface area contributed by atoms with Crippen LogP contribution in [0, 0.1) is 6.92 Å². The fraction of sp³-hybridized carbons (Fsp3) is 0.190. The molecule has 1 atom stereocenters. The van der Waals surface area contributed by atoms with E-state index in [0.717, 1.165) is 0 Å². The van der Waals surface area contributed by atoms with E-state index in [-0.39, 0.29) is 21.5 Å². The van der Waals surface area contributed by atoms with Crippen LogP contribution < -0.4 is 14.3 Å². The molecule has 3 rings (SSSR count). The summed E-state index contributed by atoms with van der Waals surface area (Å²) in [6.07, 6.45) is 0.376. The fourth-order valence-corrected chi connectivity index (χ4v) is 3.03. The van der Waals surface area contributed by atoms with Crippen molar-refractivity contribution < 1.29 is 24.2 Å². The lowest BCUT2D eigenvalue weighted by Gasteiger charge is -2.15. The zero-order chi connectivity index (χ0) is 22.5. The van der Waals surface area contributed by atoms with E-state index >= 15 is 0 Å². The molecule has 1 N–H and O–H groups in total. The molecular formula is C21H19Cl2N3O5. The van der Waals surface area contributed by atoms with Crippen LogP contribution in [-0.4, -0.2) is 33.2 Å². The van der Waals surface area contributed by atoms with Crippen molar-refractivity contribution in [2.75, 3.05) is 0 Å². The van der Waals surface area contributed by atoms with Gasteiger partial charge in [-0.1, -0.05) is 46.6 Å². The van der Waals surface area contributed by atoms with Gasteiger partial charge < -0.3 is 19.4 Å². The van der Waals surface area contributed by atoms with E-state index in [1.165, 1.54) is 30.0 Å². The molecule has 0 aliphatic carbocycles. The van der Waals surface area contributed by atoms with Crippen LogP contribution in [0.5, 0.6) is 23.1 Å². The maximum Gasteiger partial charge on any atom is 0.344 e. The standard InChI is InChI=1S/C21H19Cl2N3O5/c1-12-15(11-24-31-14-7-5-4-6-8-14)20(26(3)25-12)30-19-10-18(16(22)9-17(19)23)29-13(2)21(27)28/h4-11,13H,1-3H3,(H,27,28)/t13-/m0/s1. The highest BCUT2D eigenvalue weighted by atomic mass is 35.5. The first kappa shape index (κ1) is 22.5. The van der Waals surface area contributed by atoms with Gasteiger partial charge in [0.2, 0.25) is 5.88 Å². The second kappa shape index (κ2) is 9.72. The van der Waals surface area contributed by atoms with Gasteiger partial charge >= 0.3 is 5.97 Å². The minimum absolute atomic E-state index is 0.123. The van der Waals surface area contributed by atoms with Crippen molar-refractivity contribution in [1.82, 2.24) is 9.78 Å². The molecule has 0 radical (unpaired) electrons. The Bertz CT molecular complexity index is 1120. The quantitative estimate of drug-likeness (QED) is 0.369. The van der Waals surface area contributed by atoms with E-state index in [0.29, 0.717) is 22.9 Å². The van der Waals surface area contributed by atoms with Crippen LogP contribution >= 0.6 is 23.2 Å². The van der Waals surface area contributed by atoms with Crippen molar-refractivity contribution in [2.24, 2.45) is 12.2 Å². The van der Waals surface area contributed by atoms with Gasteiger partial charge in [-0.25, -0.2) is 9.48 Å². The first-order valence-electron chi connectivity index (χ1n) is 9.11. The summed E-state index contributed by atoms with van der Waals surface area (Å²) in [7, 11) is 1.70. The predicted molar refractivity (Wildman–Crippen MR) is 117 cm³/mol. The summed E-state index contributed by atoms with van der Waals surface area (Å²) in [5.41, 5.74) is 1.23. The number of ether oxygens (including phenoxy) is 2. The topological polar surface area (TPSA) is 95.2 Å². The minimum Gasteiger partial charge on any atom is -0.479 e. The summed E-state index contributed by atoms with van der Waals surface area (Å²) in [6, 6.07) is 11.9. The van der Waals surface area contributed by atoms with Crippen molar-refractivity contribution in [3.63, 3.8) is 0 Å². The molecule has 0 aliphatic heterocycles. The maximum atomic E-state index is 11.1. The van der Waals surface area contributed by atoms with Gasteiger partial charge in [0, 0.05) is 13.1 Å². The van der Waals surface area contributed by atoms with Gasteiger partial charge in [0.1, 0.15) is 5.75 Å². The highest BCUT2D eigenvalue weighted by Gasteiger charge is 2.20. The molecule has 31 heavy (non-hydrogen) atoms. The van der Waals surface area contributed by atoms with Crippen molar-refractivity contribution in [3.05, 3.63) is 63.8 Å². The number of hydrogen-bond donors (Lipinski definition) is 1. The average molecular weight is 464 g/mol. The molecule has 2 aromatic carbocycles. The predicted octanol–water partition coefficient (Wildman–Crippen LogP) is 5.09. The Balaban J connectivity index is 1.88. The van der Waals surface area contributed by atoms with Crippen molar-refractivity contribution in [1.29, 1.82) is 0 Å². The van der Waals surface area contributed by atoms with E-state index < -0.39 is 12.1 Å². The van der Waals surface area contributed by atoms with Gasteiger partial charge in [-0.15, -0.1) is 0 Å².